The summed E-state index contributed by atoms with van der Waals surface area (Å²) in [5.74, 6) is -0.0320. The lowest BCUT2D eigenvalue weighted by molar-refractivity contribution is 0.0963. The van der Waals surface area contributed by atoms with Crippen molar-refractivity contribution in [2.75, 3.05) is 7.05 Å². The molecule has 1 fully saturated rings. The number of nitrogens with one attached hydrogen (secondary N) is 2. The number of hydrogen-bond acceptors (Lipinski definition) is 2. The smallest absolute Gasteiger partial charge is 0.251 e. The van der Waals surface area contributed by atoms with E-state index in [0.717, 1.165) is 6.54 Å². The molecule has 0 spiro atoms. The fraction of sp³-hybridized carbons (Fsp3) is 0.500. The Kier molecular flexibility index (Phi) is 3.48. The molecule has 2 N–H and O–H groups in total. The van der Waals surface area contributed by atoms with Gasteiger partial charge in [-0.15, -0.1) is 0 Å². The lowest BCUT2D eigenvalue weighted by atomic mass is 9.78. The zero-order valence-electron chi connectivity index (χ0n) is 10.5. The normalized spacial score (nSPS) is 17.3. The summed E-state index contributed by atoms with van der Waals surface area (Å²) >= 11 is 0. The molecule has 1 saturated carbocycles. The summed E-state index contributed by atoms with van der Waals surface area (Å²) in [7, 11) is 1.65. The molecular weight excluding hydrogens is 212 g/mol. The Morgan fingerprint density at radius 3 is 2.41 bits per heavy atom. The molecule has 0 atom stereocenters. The van der Waals surface area contributed by atoms with Crippen LogP contribution in [0.2, 0.25) is 0 Å². The third-order valence-electron chi connectivity index (χ3n) is 3.62. The van der Waals surface area contributed by atoms with Gasteiger partial charge in [0.15, 0.2) is 0 Å². The molecule has 0 heterocycles. The molecule has 2 rings (SSSR count). The van der Waals surface area contributed by atoms with Crippen molar-refractivity contribution in [1.29, 1.82) is 0 Å². The Morgan fingerprint density at radius 1 is 1.29 bits per heavy atom. The van der Waals surface area contributed by atoms with Crippen molar-refractivity contribution in [1.82, 2.24) is 10.6 Å². The van der Waals surface area contributed by atoms with Crippen LogP contribution in [0.3, 0.4) is 0 Å². The summed E-state index contributed by atoms with van der Waals surface area (Å²) in [6, 6.07) is 7.77. The third kappa shape index (κ3) is 2.86. The minimum atomic E-state index is -0.0320. The highest BCUT2D eigenvalue weighted by molar-refractivity contribution is 5.93. The Morgan fingerprint density at radius 2 is 1.94 bits per heavy atom. The minimum Gasteiger partial charge on any atom is -0.355 e. The second-order valence-electron chi connectivity index (χ2n) is 5.04. The summed E-state index contributed by atoms with van der Waals surface area (Å²) in [5.41, 5.74) is 2.27. The van der Waals surface area contributed by atoms with Gasteiger partial charge in [-0.25, -0.2) is 0 Å². The van der Waals surface area contributed by atoms with Gasteiger partial charge >= 0.3 is 0 Å². The Bertz CT molecular complexity index is 393. The summed E-state index contributed by atoms with van der Waals surface area (Å²) in [6.45, 7) is 3.15. The van der Waals surface area contributed by atoms with Crippen LogP contribution in [0, 0.1) is 0 Å². The van der Waals surface area contributed by atoms with Crippen LogP contribution >= 0.6 is 0 Å². The van der Waals surface area contributed by atoms with Crippen molar-refractivity contribution in [3.63, 3.8) is 0 Å². The molecule has 92 valence electrons. The molecule has 0 aliphatic heterocycles. The first-order valence-corrected chi connectivity index (χ1v) is 6.19. The summed E-state index contributed by atoms with van der Waals surface area (Å²) < 4.78 is 0. The van der Waals surface area contributed by atoms with Gasteiger partial charge in [0.05, 0.1) is 0 Å². The molecule has 17 heavy (non-hydrogen) atoms. The average molecular weight is 232 g/mol. The quantitative estimate of drug-likeness (QED) is 0.834. The molecule has 1 aliphatic carbocycles. The van der Waals surface area contributed by atoms with Crippen LogP contribution in [0.1, 0.15) is 42.1 Å². The minimum absolute atomic E-state index is 0.0320. The molecule has 3 nitrogen and oxygen atoms in total. The predicted octanol–water partition coefficient (Wildman–Crippen LogP) is 2.08. The highest BCUT2D eigenvalue weighted by Gasteiger charge is 2.30. The molecule has 1 aromatic carbocycles. The molecule has 3 heteroatoms. The van der Waals surface area contributed by atoms with Gasteiger partial charge in [-0.3, -0.25) is 4.79 Å². The number of rotatable bonds is 4. The molecule has 1 amide bonds. The van der Waals surface area contributed by atoms with Crippen LogP contribution in [-0.4, -0.2) is 18.5 Å². The molecule has 0 unspecified atom stereocenters. The summed E-state index contributed by atoms with van der Waals surface area (Å²) in [6.07, 6.45) is 3.87. The fourth-order valence-electron chi connectivity index (χ4n) is 2.12. The van der Waals surface area contributed by atoms with Crippen LogP contribution in [0.15, 0.2) is 24.3 Å². The van der Waals surface area contributed by atoms with Gasteiger partial charge in [0.25, 0.3) is 5.91 Å². The number of amides is 1. The van der Waals surface area contributed by atoms with Gasteiger partial charge < -0.3 is 10.6 Å². The van der Waals surface area contributed by atoms with Crippen molar-refractivity contribution in [2.24, 2.45) is 0 Å². The van der Waals surface area contributed by atoms with Gasteiger partial charge in [0.2, 0.25) is 0 Å². The first-order chi connectivity index (χ1) is 8.13. The van der Waals surface area contributed by atoms with E-state index >= 15 is 0 Å². The zero-order chi connectivity index (χ0) is 12.3. The van der Waals surface area contributed by atoms with Gasteiger partial charge in [0.1, 0.15) is 0 Å². The maximum Gasteiger partial charge on any atom is 0.251 e. The van der Waals surface area contributed by atoms with E-state index in [1.54, 1.807) is 7.05 Å². The summed E-state index contributed by atoms with van der Waals surface area (Å²) in [4.78, 5) is 11.4. The van der Waals surface area contributed by atoms with E-state index in [2.05, 4.69) is 17.6 Å². The van der Waals surface area contributed by atoms with Crippen LogP contribution in [-0.2, 0) is 6.54 Å². The van der Waals surface area contributed by atoms with Crippen LogP contribution in [0.25, 0.3) is 0 Å². The lowest BCUT2D eigenvalue weighted by Gasteiger charge is -2.39. The Balaban J connectivity index is 1.91. The van der Waals surface area contributed by atoms with Crippen molar-refractivity contribution in [3.05, 3.63) is 35.4 Å². The van der Waals surface area contributed by atoms with E-state index in [1.165, 1.54) is 24.8 Å². The van der Waals surface area contributed by atoms with Gasteiger partial charge in [-0.2, -0.15) is 0 Å². The predicted molar refractivity (Wildman–Crippen MR) is 68.9 cm³/mol. The number of carbonyl (C=O) groups excluding carboxylic acids is 1. The van der Waals surface area contributed by atoms with E-state index in [4.69, 9.17) is 0 Å². The van der Waals surface area contributed by atoms with Gasteiger partial charge in [-0.05, 0) is 43.9 Å². The highest BCUT2D eigenvalue weighted by atomic mass is 16.1. The van der Waals surface area contributed by atoms with E-state index in [-0.39, 0.29) is 5.91 Å². The Labute approximate surface area is 103 Å². The van der Waals surface area contributed by atoms with Crippen molar-refractivity contribution < 1.29 is 4.79 Å². The second-order valence-corrected chi connectivity index (χ2v) is 5.04. The first-order valence-electron chi connectivity index (χ1n) is 6.19. The SMILES string of the molecule is CNC(=O)c1ccc(CNC2(C)CCC2)cc1. The molecule has 1 aromatic rings. The van der Waals surface area contributed by atoms with Crippen molar-refractivity contribution in [2.45, 2.75) is 38.3 Å². The van der Waals surface area contributed by atoms with Crippen LogP contribution < -0.4 is 10.6 Å². The van der Waals surface area contributed by atoms with E-state index in [9.17, 15) is 4.79 Å². The van der Waals surface area contributed by atoms with E-state index < -0.39 is 0 Å². The fourth-order valence-corrected chi connectivity index (χ4v) is 2.12. The molecule has 0 aromatic heterocycles. The number of carbonyl (C=O) groups is 1. The molecule has 0 radical (unpaired) electrons. The van der Waals surface area contributed by atoms with Crippen molar-refractivity contribution in [3.8, 4) is 0 Å². The van der Waals surface area contributed by atoms with E-state index in [1.807, 2.05) is 24.3 Å². The van der Waals surface area contributed by atoms with E-state index in [0.29, 0.717) is 11.1 Å². The molecular formula is C14H20N2O. The average Bonchev–Trinajstić information content (AvgIpc) is 2.33. The first kappa shape index (κ1) is 12.1. The van der Waals surface area contributed by atoms with Crippen LogP contribution in [0.5, 0.6) is 0 Å². The number of benzene rings is 1. The third-order valence-corrected chi connectivity index (χ3v) is 3.62. The van der Waals surface area contributed by atoms with Crippen LogP contribution in [0.4, 0.5) is 0 Å². The molecule has 0 saturated heterocycles. The zero-order valence-corrected chi connectivity index (χ0v) is 10.5. The molecule has 0 bridgehead atoms. The van der Waals surface area contributed by atoms with Crippen molar-refractivity contribution >= 4 is 5.91 Å². The Hall–Kier alpha value is -1.35. The maximum absolute atomic E-state index is 11.4. The highest BCUT2D eigenvalue weighted by Crippen LogP contribution is 2.31. The lowest BCUT2D eigenvalue weighted by Crippen LogP contribution is -2.47. The largest absolute Gasteiger partial charge is 0.355 e. The van der Waals surface area contributed by atoms with Gasteiger partial charge in [0, 0.05) is 24.7 Å². The monoisotopic (exact) mass is 232 g/mol. The standard InChI is InChI=1S/C14H20N2O/c1-14(8-3-9-14)16-10-11-4-6-12(7-5-11)13(17)15-2/h4-7,16H,3,8-10H2,1-2H3,(H,15,17). The topological polar surface area (TPSA) is 41.1 Å². The second kappa shape index (κ2) is 4.88. The maximum atomic E-state index is 11.4. The van der Waals surface area contributed by atoms with Gasteiger partial charge in [-0.1, -0.05) is 12.1 Å². The molecule has 1 aliphatic rings. The summed E-state index contributed by atoms with van der Waals surface area (Å²) in [5, 5.41) is 6.19. The number of hydrogen-bond donors (Lipinski definition) is 2.